The fraction of sp³-hybridized carbons (Fsp3) is 0.400. The molecule has 1 aromatic rings. The monoisotopic (exact) mass is 443 g/mol. The fourth-order valence-electron chi connectivity index (χ4n) is 3.24. The average Bonchev–Trinajstić information content (AvgIpc) is 2.70. The number of carbonyl (C=O) groups excluding carboxylic acids is 2. The van der Waals surface area contributed by atoms with Crippen LogP contribution >= 0.6 is 23.2 Å². The van der Waals surface area contributed by atoms with Crippen LogP contribution in [0.1, 0.15) is 25.3 Å². The average molecular weight is 444 g/mol. The number of rotatable bonds is 7. The van der Waals surface area contributed by atoms with Crippen molar-refractivity contribution in [3.8, 4) is 0 Å². The minimum absolute atomic E-state index is 0.110. The summed E-state index contributed by atoms with van der Waals surface area (Å²) in [7, 11) is 4.10. The highest BCUT2D eigenvalue weighted by atomic mass is 35.5. The lowest BCUT2D eigenvalue weighted by Crippen LogP contribution is -2.38. The second kappa shape index (κ2) is 10.1. The number of hydrogen-bond donors (Lipinski definition) is 1. The van der Waals surface area contributed by atoms with E-state index in [0.717, 1.165) is 0 Å². The van der Waals surface area contributed by atoms with Crippen LogP contribution < -0.4 is 5.32 Å². The Morgan fingerprint density at radius 3 is 2.31 bits per heavy atom. The lowest BCUT2D eigenvalue weighted by atomic mass is 9.80. The Morgan fingerprint density at radius 1 is 1.10 bits per heavy atom. The maximum absolute atomic E-state index is 12.8. The molecule has 0 saturated carbocycles. The van der Waals surface area contributed by atoms with Crippen LogP contribution in [-0.4, -0.2) is 46.2 Å². The van der Waals surface area contributed by atoms with Crippen LogP contribution in [0.3, 0.4) is 0 Å². The van der Waals surface area contributed by atoms with Crippen LogP contribution in [0.5, 0.6) is 0 Å². The third-order valence-corrected chi connectivity index (χ3v) is 5.28. The number of allylic oxidation sites excluding steroid dienone is 1. The number of carbonyl (C=O) groups is 2. The lowest BCUT2D eigenvalue weighted by Gasteiger charge is -2.33. The molecule has 158 valence electrons. The van der Waals surface area contributed by atoms with Crippen molar-refractivity contribution in [1.82, 2.24) is 5.32 Å². The van der Waals surface area contributed by atoms with E-state index < -0.39 is 24.1 Å². The predicted molar refractivity (Wildman–Crippen MR) is 109 cm³/mol. The van der Waals surface area contributed by atoms with Gasteiger partial charge in [-0.05, 0) is 25.5 Å². The fourth-order valence-corrected chi connectivity index (χ4v) is 3.66. The lowest BCUT2D eigenvalue weighted by molar-refractivity contribution is -0.139. The molecule has 1 aliphatic rings. The molecule has 0 amide bonds. The van der Waals surface area contributed by atoms with E-state index in [1.807, 2.05) is 0 Å². The highest BCUT2D eigenvalue weighted by Gasteiger charge is 2.41. The number of benzene rings is 1. The van der Waals surface area contributed by atoms with E-state index in [2.05, 4.69) is 5.32 Å². The third-order valence-electron chi connectivity index (χ3n) is 4.45. The first-order chi connectivity index (χ1) is 13.8. The zero-order valence-electron chi connectivity index (χ0n) is 16.8. The number of methoxy groups -OCH3 is 3. The molecule has 1 aliphatic heterocycles. The normalized spacial score (nSPS) is 16.8. The van der Waals surface area contributed by atoms with E-state index >= 15 is 0 Å². The SMILES string of the molecule is CCOC(=O)C1=C(C)NC(C(OC)OC)=C(C(=O)OC)C1c1cccc(Cl)c1Cl. The molecular formula is C20H23Cl2NO6. The Bertz CT molecular complexity index is 861. The van der Waals surface area contributed by atoms with Gasteiger partial charge in [-0.2, -0.15) is 0 Å². The van der Waals surface area contributed by atoms with E-state index in [0.29, 0.717) is 17.0 Å². The van der Waals surface area contributed by atoms with Crippen molar-refractivity contribution in [3.05, 3.63) is 56.3 Å². The van der Waals surface area contributed by atoms with E-state index in [9.17, 15) is 9.59 Å². The molecule has 1 N–H and O–H groups in total. The molecule has 1 unspecified atom stereocenters. The van der Waals surface area contributed by atoms with E-state index in [4.69, 9.17) is 42.1 Å². The molecule has 29 heavy (non-hydrogen) atoms. The van der Waals surface area contributed by atoms with Crippen molar-refractivity contribution in [2.75, 3.05) is 27.9 Å². The maximum atomic E-state index is 12.8. The molecule has 0 saturated heterocycles. The smallest absolute Gasteiger partial charge is 0.336 e. The largest absolute Gasteiger partial charge is 0.466 e. The highest BCUT2D eigenvalue weighted by Crippen LogP contribution is 2.44. The molecule has 0 spiro atoms. The van der Waals surface area contributed by atoms with Crippen molar-refractivity contribution in [1.29, 1.82) is 0 Å². The Labute approximate surface area is 179 Å². The van der Waals surface area contributed by atoms with Crippen molar-refractivity contribution in [2.24, 2.45) is 0 Å². The maximum Gasteiger partial charge on any atom is 0.336 e. The molecule has 1 atom stereocenters. The second-order valence-electron chi connectivity index (χ2n) is 6.08. The Morgan fingerprint density at radius 2 is 1.76 bits per heavy atom. The summed E-state index contributed by atoms with van der Waals surface area (Å²) in [5.41, 5.74) is 1.54. The third kappa shape index (κ3) is 4.59. The first-order valence-corrected chi connectivity index (χ1v) is 9.54. The molecule has 0 aromatic heterocycles. The van der Waals surface area contributed by atoms with Crippen LogP contribution in [-0.2, 0) is 28.5 Å². The van der Waals surface area contributed by atoms with Crippen LogP contribution in [0.2, 0.25) is 10.0 Å². The second-order valence-corrected chi connectivity index (χ2v) is 6.87. The minimum atomic E-state index is -0.914. The topological polar surface area (TPSA) is 83.1 Å². The van der Waals surface area contributed by atoms with Crippen molar-refractivity contribution >= 4 is 35.1 Å². The van der Waals surface area contributed by atoms with Crippen molar-refractivity contribution in [3.63, 3.8) is 0 Å². The van der Waals surface area contributed by atoms with Crippen LogP contribution in [0.15, 0.2) is 40.7 Å². The predicted octanol–water partition coefficient (Wildman–Crippen LogP) is 3.56. The standard InChI is InChI=1S/C20H23Cl2NO6/c1-6-29-19(25)13-10(2)23-17(20(27-4)28-5)15(18(24)26-3)14(13)11-8-7-9-12(21)16(11)22/h7-9,14,20,23H,6H2,1-5H3. The number of esters is 2. The molecule has 1 heterocycles. The van der Waals surface area contributed by atoms with Crippen LogP contribution in [0.4, 0.5) is 0 Å². The van der Waals surface area contributed by atoms with Gasteiger partial charge in [-0.25, -0.2) is 9.59 Å². The van der Waals surface area contributed by atoms with Gasteiger partial charge in [-0.1, -0.05) is 35.3 Å². The summed E-state index contributed by atoms with van der Waals surface area (Å²) < 4.78 is 20.9. The Kier molecular flexibility index (Phi) is 8.10. The first kappa shape index (κ1) is 23.2. The molecule has 0 radical (unpaired) electrons. The van der Waals surface area contributed by atoms with Gasteiger partial charge in [0, 0.05) is 19.9 Å². The molecule has 2 rings (SSSR count). The molecule has 7 nitrogen and oxygen atoms in total. The van der Waals surface area contributed by atoms with Gasteiger partial charge in [-0.15, -0.1) is 0 Å². The molecule has 1 aromatic carbocycles. The van der Waals surface area contributed by atoms with Gasteiger partial charge in [0.1, 0.15) is 0 Å². The van der Waals surface area contributed by atoms with Crippen LogP contribution in [0, 0.1) is 0 Å². The van der Waals surface area contributed by atoms with Crippen LogP contribution in [0.25, 0.3) is 0 Å². The molecule has 0 aliphatic carbocycles. The summed E-state index contributed by atoms with van der Waals surface area (Å²) in [6.07, 6.45) is -0.914. The summed E-state index contributed by atoms with van der Waals surface area (Å²) in [5.74, 6) is -2.18. The summed E-state index contributed by atoms with van der Waals surface area (Å²) >= 11 is 12.7. The van der Waals surface area contributed by atoms with E-state index in [-0.39, 0.29) is 27.8 Å². The van der Waals surface area contributed by atoms with Gasteiger partial charge in [0.05, 0.1) is 46.5 Å². The van der Waals surface area contributed by atoms with Crippen molar-refractivity contribution < 1.29 is 28.5 Å². The number of hydrogen-bond acceptors (Lipinski definition) is 7. The van der Waals surface area contributed by atoms with E-state index in [1.54, 1.807) is 32.0 Å². The highest BCUT2D eigenvalue weighted by molar-refractivity contribution is 6.42. The van der Waals surface area contributed by atoms with Gasteiger partial charge >= 0.3 is 11.9 Å². The minimum Gasteiger partial charge on any atom is -0.466 e. The summed E-state index contributed by atoms with van der Waals surface area (Å²) in [5, 5.41) is 3.53. The quantitative estimate of drug-likeness (QED) is 0.509. The van der Waals surface area contributed by atoms with Crippen molar-refractivity contribution in [2.45, 2.75) is 26.1 Å². The molecule has 9 heteroatoms. The Balaban J connectivity index is 2.86. The molecule has 0 fully saturated rings. The van der Waals surface area contributed by atoms with Gasteiger partial charge in [0.25, 0.3) is 0 Å². The van der Waals surface area contributed by atoms with Gasteiger partial charge < -0.3 is 24.3 Å². The van der Waals surface area contributed by atoms with E-state index in [1.165, 1.54) is 21.3 Å². The zero-order valence-corrected chi connectivity index (χ0v) is 18.3. The summed E-state index contributed by atoms with van der Waals surface area (Å²) in [4.78, 5) is 25.7. The molecule has 0 bridgehead atoms. The number of ether oxygens (including phenoxy) is 4. The van der Waals surface area contributed by atoms with Gasteiger partial charge in [0.15, 0.2) is 6.29 Å². The molecular weight excluding hydrogens is 421 g/mol. The summed E-state index contributed by atoms with van der Waals surface area (Å²) in [6.45, 7) is 3.54. The summed E-state index contributed by atoms with van der Waals surface area (Å²) in [6, 6.07) is 4.99. The number of dihydropyridines is 1. The number of nitrogens with one attached hydrogen (secondary N) is 1. The van der Waals surface area contributed by atoms with Gasteiger partial charge in [-0.3, -0.25) is 0 Å². The van der Waals surface area contributed by atoms with Gasteiger partial charge in [0.2, 0.25) is 0 Å². The first-order valence-electron chi connectivity index (χ1n) is 8.79. The Hall–Kier alpha value is -2.06. The zero-order chi connectivity index (χ0) is 21.7. The number of halogens is 2.